The van der Waals surface area contributed by atoms with E-state index in [0.29, 0.717) is 11.0 Å². The maximum absolute atomic E-state index is 12.4. The van der Waals surface area contributed by atoms with E-state index in [4.69, 9.17) is 11.6 Å². The number of carbonyl (C=O) groups excluding carboxylic acids is 1. The standard InChI is InChI=1S/C20H19ClN4O/c1-13-3-5-15(6-4-13)18-11-19(16-7-9-17(21)10-8-16)25-20(22-12-23-25)24(18)14(2)26/h3-10,12,18-19H,11H2,1-2H3. The van der Waals surface area contributed by atoms with Gasteiger partial charge in [-0.3, -0.25) is 9.69 Å². The number of halogens is 1. The fourth-order valence-corrected chi connectivity index (χ4v) is 3.71. The lowest BCUT2D eigenvalue weighted by atomic mass is 9.91. The summed E-state index contributed by atoms with van der Waals surface area (Å²) in [5.41, 5.74) is 3.39. The molecule has 1 aliphatic heterocycles. The number of benzene rings is 2. The van der Waals surface area contributed by atoms with Crippen molar-refractivity contribution in [2.45, 2.75) is 32.4 Å². The molecule has 2 atom stereocenters. The van der Waals surface area contributed by atoms with Gasteiger partial charge in [-0.1, -0.05) is 53.6 Å². The van der Waals surface area contributed by atoms with Crippen LogP contribution in [-0.2, 0) is 4.79 Å². The van der Waals surface area contributed by atoms with Crippen LogP contribution < -0.4 is 4.90 Å². The molecule has 0 radical (unpaired) electrons. The van der Waals surface area contributed by atoms with E-state index in [0.717, 1.165) is 17.5 Å². The van der Waals surface area contributed by atoms with Gasteiger partial charge in [0.1, 0.15) is 6.33 Å². The van der Waals surface area contributed by atoms with Crippen molar-refractivity contribution >= 4 is 23.5 Å². The van der Waals surface area contributed by atoms with Gasteiger partial charge in [0.25, 0.3) is 0 Å². The summed E-state index contributed by atoms with van der Waals surface area (Å²) in [4.78, 5) is 18.5. The first-order chi connectivity index (χ1) is 12.5. The van der Waals surface area contributed by atoms with Crippen LogP contribution in [0, 0.1) is 6.92 Å². The molecule has 0 bridgehead atoms. The third kappa shape index (κ3) is 2.88. The van der Waals surface area contributed by atoms with E-state index in [-0.39, 0.29) is 18.0 Å². The van der Waals surface area contributed by atoms with E-state index in [1.807, 2.05) is 28.9 Å². The van der Waals surface area contributed by atoms with E-state index in [1.165, 1.54) is 11.9 Å². The van der Waals surface area contributed by atoms with Crippen molar-refractivity contribution in [3.8, 4) is 0 Å². The van der Waals surface area contributed by atoms with Gasteiger partial charge >= 0.3 is 0 Å². The number of aromatic nitrogens is 3. The number of carbonyl (C=O) groups is 1. The van der Waals surface area contributed by atoms with Crippen molar-refractivity contribution in [2.75, 3.05) is 4.90 Å². The average Bonchev–Trinajstić information content (AvgIpc) is 3.11. The number of nitrogens with zero attached hydrogens (tertiary/aromatic N) is 4. The van der Waals surface area contributed by atoms with Crippen molar-refractivity contribution in [1.82, 2.24) is 14.8 Å². The maximum atomic E-state index is 12.4. The summed E-state index contributed by atoms with van der Waals surface area (Å²) in [5, 5.41) is 5.09. The highest BCUT2D eigenvalue weighted by Crippen LogP contribution is 2.41. The smallest absolute Gasteiger partial charge is 0.231 e. The Morgan fingerprint density at radius 3 is 2.31 bits per heavy atom. The third-order valence-corrected chi connectivity index (χ3v) is 5.13. The van der Waals surface area contributed by atoms with Gasteiger partial charge in [-0.15, -0.1) is 0 Å². The van der Waals surface area contributed by atoms with Gasteiger partial charge in [0.2, 0.25) is 11.9 Å². The molecular formula is C20H19ClN4O. The van der Waals surface area contributed by atoms with Gasteiger partial charge in [-0.05, 0) is 36.6 Å². The summed E-state index contributed by atoms with van der Waals surface area (Å²) in [6.45, 7) is 3.63. The minimum atomic E-state index is -0.0921. The Kier molecular flexibility index (Phi) is 4.24. The number of amides is 1. The number of hydrogen-bond acceptors (Lipinski definition) is 3. The first-order valence-electron chi connectivity index (χ1n) is 8.56. The monoisotopic (exact) mass is 366 g/mol. The minimum absolute atomic E-state index is 0.00771. The molecule has 1 aromatic heterocycles. The summed E-state index contributed by atoms with van der Waals surface area (Å²) in [5.74, 6) is 0.536. The van der Waals surface area contributed by atoms with E-state index in [9.17, 15) is 4.79 Å². The first kappa shape index (κ1) is 16.8. The SMILES string of the molecule is CC(=O)N1c2ncnn2C(c2ccc(Cl)cc2)CC1c1ccc(C)cc1. The zero-order chi connectivity index (χ0) is 18.3. The molecule has 0 N–H and O–H groups in total. The van der Waals surface area contributed by atoms with Crippen LogP contribution in [0.1, 0.15) is 42.1 Å². The highest BCUT2D eigenvalue weighted by atomic mass is 35.5. The average molecular weight is 367 g/mol. The number of rotatable bonds is 2. The summed E-state index contributed by atoms with van der Waals surface area (Å²) < 4.78 is 1.83. The van der Waals surface area contributed by atoms with Crippen LogP contribution in [0.15, 0.2) is 54.9 Å². The lowest BCUT2D eigenvalue weighted by molar-refractivity contribution is -0.117. The summed E-state index contributed by atoms with van der Waals surface area (Å²) in [6, 6.07) is 16.0. The molecule has 2 heterocycles. The van der Waals surface area contributed by atoms with Crippen LogP contribution in [0.25, 0.3) is 0 Å². The quantitative estimate of drug-likeness (QED) is 0.678. The molecule has 5 nitrogen and oxygen atoms in total. The summed E-state index contributed by atoms with van der Waals surface area (Å²) >= 11 is 6.05. The fraction of sp³-hybridized carbons (Fsp3) is 0.250. The molecule has 0 spiro atoms. The van der Waals surface area contributed by atoms with Crippen LogP contribution in [0.3, 0.4) is 0 Å². The van der Waals surface area contributed by atoms with Gasteiger partial charge in [-0.2, -0.15) is 10.1 Å². The molecule has 1 amide bonds. The Labute approximate surface area is 157 Å². The third-order valence-electron chi connectivity index (χ3n) is 4.88. The Hall–Kier alpha value is -2.66. The molecule has 0 aliphatic carbocycles. The van der Waals surface area contributed by atoms with Crippen LogP contribution in [0.2, 0.25) is 5.02 Å². The molecule has 0 saturated carbocycles. The molecule has 4 rings (SSSR count). The second-order valence-corrected chi connectivity index (χ2v) is 7.06. The maximum Gasteiger partial charge on any atom is 0.231 e. The number of fused-ring (bicyclic) bond motifs is 1. The molecule has 2 aromatic carbocycles. The van der Waals surface area contributed by atoms with Crippen molar-refractivity contribution < 1.29 is 4.79 Å². The normalized spacial score (nSPS) is 19.3. The Balaban J connectivity index is 1.82. The first-order valence-corrected chi connectivity index (χ1v) is 8.93. The minimum Gasteiger partial charge on any atom is -0.275 e. The number of anilines is 1. The van der Waals surface area contributed by atoms with Crippen molar-refractivity contribution in [1.29, 1.82) is 0 Å². The Morgan fingerprint density at radius 2 is 1.65 bits per heavy atom. The van der Waals surface area contributed by atoms with Crippen molar-refractivity contribution in [3.05, 3.63) is 76.6 Å². The van der Waals surface area contributed by atoms with E-state index in [1.54, 1.807) is 11.8 Å². The molecular weight excluding hydrogens is 348 g/mol. The largest absolute Gasteiger partial charge is 0.275 e. The lowest BCUT2D eigenvalue weighted by Crippen LogP contribution is -2.41. The van der Waals surface area contributed by atoms with E-state index in [2.05, 4.69) is 41.3 Å². The number of aryl methyl sites for hydroxylation is 1. The zero-order valence-corrected chi connectivity index (χ0v) is 15.4. The van der Waals surface area contributed by atoms with Crippen LogP contribution in [-0.4, -0.2) is 20.7 Å². The molecule has 1 aliphatic rings. The van der Waals surface area contributed by atoms with Gasteiger partial charge in [0.05, 0.1) is 12.1 Å². The summed E-state index contributed by atoms with van der Waals surface area (Å²) in [6.07, 6.45) is 2.23. The molecule has 26 heavy (non-hydrogen) atoms. The van der Waals surface area contributed by atoms with Crippen LogP contribution in [0.5, 0.6) is 0 Å². The predicted octanol–water partition coefficient (Wildman–Crippen LogP) is 4.33. The van der Waals surface area contributed by atoms with Gasteiger partial charge in [0, 0.05) is 11.9 Å². The highest BCUT2D eigenvalue weighted by molar-refractivity contribution is 6.30. The van der Waals surface area contributed by atoms with Gasteiger partial charge < -0.3 is 0 Å². The Morgan fingerprint density at radius 1 is 1.04 bits per heavy atom. The second-order valence-electron chi connectivity index (χ2n) is 6.62. The fourth-order valence-electron chi connectivity index (χ4n) is 3.59. The molecule has 2 unspecified atom stereocenters. The predicted molar refractivity (Wildman–Crippen MR) is 101 cm³/mol. The topological polar surface area (TPSA) is 51.0 Å². The molecule has 3 aromatic rings. The molecule has 132 valence electrons. The Bertz CT molecular complexity index is 933. The molecule has 6 heteroatoms. The van der Waals surface area contributed by atoms with Crippen molar-refractivity contribution in [3.63, 3.8) is 0 Å². The zero-order valence-electron chi connectivity index (χ0n) is 14.6. The van der Waals surface area contributed by atoms with Gasteiger partial charge in [-0.25, -0.2) is 4.68 Å². The number of hydrogen-bond donors (Lipinski definition) is 0. The second kappa shape index (κ2) is 6.57. The lowest BCUT2D eigenvalue weighted by Gasteiger charge is -2.38. The molecule has 0 saturated heterocycles. The van der Waals surface area contributed by atoms with Gasteiger partial charge in [0.15, 0.2) is 0 Å². The van der Waals surface area contributed by atoms with Crippen molar-refractivity contribution in [2.24, 2.45) is 0 Å². The van der Waals surface area contributed by atoms with Crippen LogP contribution >= 0.6 is 11.6 Å². The van der Waals surface area contributed by atoms with E-state index < -0.39 is 0 Å². The van der Waals surface area contributed by atoms with Crippen LogP contribution in [0.4, 0.5) is 5.95 Å². The van der Waals surface area contributed by atoms with E-state index >= 15 is 0 Å². The molecule has 0 fully saturated rings. The summed E-state index contributed by atoms with van der Waals surface area (Å²) in [7, 11) is 0. The highest BCUT2D eigenvalue weighted by Gasteiger charge is 2.37.